The lowest BCUT2D eigenvalue weighted by Gasteiger charge is -2.38. The third-order valence-corrected chi connectivity index (χ3v) is 7.45. The smallest absolute Gasteiger partial charge is 0.405 e. The molecule has 39 heavy (non-hydrogen) atoms. The molecule has 4 rings (SSSR count). The number of thiocarbonyl (C=S) groups is 1. The van der Waals surface area contributed by atoms with Crippen LogP contribution in [-0.2, 0) is 10.9 Å². The summed E-state index contributed by atoms with van der Waals surface area (Å²) in [7, 11) is 0. The highest BCUT2D eigenvalue weighted by Crippen LogP contribution is 2.40. The van der Waals surface area contributed by atoms with E-state index in [9.17, 15) is 26.3 Å². The molecule has 5 nitrogen and oxygen atoms in total. The first-order chi connectivity index (χ1) is 18.4. The van der Waals surface area contributed by atoms with E-state index >= 15 is 0 Å². The Labute approximate surface area is 233 Å². The molecule has 2 aromatic rings. The number of nitrogens with zero attached hydrogens (tertiary/aromatic N) is 2. The Balaban J connectivity index is 1.21. The van der Waals surface area contributed by atoms with E-state index in [0.717, 1.165) is 42.9 Å². The van der Waals surface area contributed by atoms with E-state index in [4.69, 9.17) is 28.6 Å². The van der Waals surface area contributed by atoms with Crippen molar-refractivity contribution in [1.82, 2.24) is 4.90 Å². The van der Waals surface area contributed by atoms with Gasteiger partial charge in [-0.2, -0.15) is 13.2 Å². The summed E-state index contributed by atoms with van der Waals surface area (Å²) in [6.07, 6.45) is -7.59. The molecule has 2 fully saturated rings. The molecule has 0 spiro atoms. The molecule has 0 amide bonds. The molecule has 1 saturated carbocycles. The van der Waals surface area contributed by atoms with Crippen molar-refractivity contribution in [3.05, 3.63) is 53.1 Å². The molecular weight excluding hydrogens is 568 g/mol. The van der Waals surface area contributed by atoms with Crippen molar-refractivity contribution in [2.24, 2.45) is 0 Å². The molecule has 1 aliphatic heterocycles. The maximum atomic E-state index is 13.3. The number of ether oxygens (including phenoxy) is 2. The number of nitrogens with one attached hydrogen (secondary N) is 1. The fourth-order valence-electron chi connectivity index (χ4n) is 4.81. The van der Waals surface area contributed by atoms with E-state index in [1.807, 2.05) is 24.3 Å². The number of hydrogen-bond acceptors (Lipinski definition) is 5. The van der Waals surface area contributed by atoms with Crippen LogP contribution in [0.15, 0.2) is 42.5 Å². The van der Waals surface area contributed by atoms with E-state index in [1.165, 1.54) is 0 Å². The third kappa shape index (κ3) is 8.52. The first-order valence-electron chi connectivity index (χ1n) is 12.5. The van der Waals surface area contributed by atoms with Gasteiger partial charge in [0, 0.05) is 48.6 Å². The highest BCUT2D eigenvalue weighted by molar-refractivity contribution is 7.80. The molecular formula is C26H28ClF6N3O2S. The largest absolute Gasteiger partial charge is 0.573 e. The van der Waals surface area contributed by atoms with Crippen LogP contribution >= 0.6 is 23.8 Å². The SMILES string of the molecule is FC(F)(F)Oc1ccc(NC2CCC(OCC(=S)N3CCN(c4ccc(Cl)cc4)CC3)CC2)cc1C(F)(F)F. The van der Waals surface area contributed by atoms with Crippen LogP contribution in [0.25, 0.3) is 0 Å². The fraction of sp³-hybridized carbons (Fsp3) is 0.500. The standard InChI is InChI=1S/C26H28ClF6N3O2S/c27-17-1-6-20(7-2-17)35-11-13-36(14-12-35)24(39)16-37-21-8-3-18(4-9-21)34-19-5-10-23(38-26(31,32)33)22(15-19)25(28,29)30/h1-2,5-7,10,15,18,21,34H,3-4,8-9,11-14,16H2. The minimum Gasteiger partial charge on any atom is -0.405 e. The van der Waals surface area contributed by atoms with Gasteiger partial charge in [0.15, 0.2) is 0 Å². The Kier molecular flexibility index (Phi) is 9.38. The van der Waals surface area contributed by atoms with Gasteiger partial charge in [0.25, 0.3) is 0 Å². The number of alkyl halides is 6. The Bertz CT molecular complexity index is 1120. The summed E-state index contributed by atoms with van der Waals surface area (Å²) in [5.74, 6) is -1.28. The van der Waals surface area contributed by atoms with Crippen molar-refractivity contribution in [2.75, 3.05) is 43.0 Å². The minimum atomic E-state index is -5.22. The predicted octanol–water partition coefficient (Wildman–Crippen LogP) is 7.15. The second kappa shape index (κ2) is 12.4. The summed E-state index contributed by atoms with van der Waals surface area (Å²) >= 11 is 11.6. The van der Waals surface area contributed by atoms with Crippen LogP contribution in [0.5, 0.6) is 5.75 Å². The van der Waals surface area contributed by atoms with Gasteiger partial charge in [0.1, 0.15) is 10.7 Å². The molecule has 1 heterocycles. The molecule has 214 valence electrons. The summed E-state index contributed by atoms with van der Waals surface area (Å²) in [4.78, 5) is 5.16. The van der Waals surface area contributed by atoms with Crippen LogP contribution < -0.4 is 15.0 Å². The molecule has 0 aromatic heterocycles. The molecule has 0 radical (unpaired) electrons. The van der Waals surface area contributed by atoms with Gasteiger partial charge in [-0.05, 0) is 68.1 Å². The van der Waals surface area contributed by atoms with Gasteiger partial charge >= 0.3 is 12.5 Å². The summed E-state index contributed by atoms with van der Waals surface area (Å²) in [5.41, 5.74) is -0.281. The molecule has 1 N–H and O–H groups in total. The number of benzene rings is 2. The zero-order chi connectivity index (χ0) is 28.2. The Morgan fingerprint density at radius 2 is 1.56 bits per heavy atom. The zero-order valence-electron chi connectivity index (χ0n) is 20.8. The van der Waals surface area contributed by atoms with E-state index in [1.54, 1.807) is 0 Å². The zero-order valence-corrected chi connectivity index (χ0v) is 22.4. The van der Waals surface area contributed by atoms with Gasteiger partial charge < -0.3 is 24.6 Å². The lowest BCUT2D eigenvalue weighted by Crippen LogP contribution is -2.49. The van der Waals surface area contributed by atoms with E-state index in [0.29, 0.717) is 49.4 Å². The minimum absolute atomic E-state index is 0.0235. The van der Waals surface area contributed by atoms with Crippen LogP contribution in [0.1, 0.15) is 31.2 Å². The molecule has 13 heteroatoms. The number of piperazine rings is 1. The van der Waals surface area contributed by atoms with Gasteiger partial charge in [0.2, 0.25) is 0 Å². The topological polar surface area (TPSA) is 37.0 Å². The first-order valence-corrected chi connectivity index (χ1v) is 13.3. The monoisotopic (exact) mass is 595 g/mol. The van der Waals surface area contributed by atoms with Crippen LogP contribution in [0.3, 0.4) is 0 Å². The number of rotatable bonds is 7. The molecule has 0 bridgehead atoms. The second-order valence-electron chi connectivity index (χ2n) is 9.53. The Morgan fingerprint density at radius 3 is 2.15 bits per heavy atom. The van der Waals surface area contributed by atoms with Crippen molar-refractivity contribution >= 4 is 40.2 Å². The highest BCUT2D eigenvalue weighted by Gasteiger charge is 2.39. The van der Waals surface area contributed by atoms with Crippen LogP contribution in [0.4, 0.5) is 37.7 Å². The van der Waals surface area contributed by atoms with Gasteiger partial charge in [-0.1, -0.05) is 23.8 Å². The number of halogens is 7. The molecule has 0 atom stereocenters. The molecule has 1 aliphatic carbocycles. The van der Waals surface area contributed by atoms with Crippen molar-refractivity contribution in [2.45, 2.75) is 50.4 Å². The van der Waals surface area contributed by atoms with Crippen molar-refractivity contribution in [3.8, 4) is 5.75 Å². The van der Waals surface area contributed by atoms with Crippen molar-refractivity contribution in [1.29, 1.82) is 0 Å². The Morgan fingerprint density at radius 1 is 0.923 bits per heavy atom. The molecule has 0 unspecified atom stereocenters. The van der Waals surface area contributed by atoms with Gasteiger partial charge in [-0.15, -0.1) is 13.2 Å². The second-order valence-corrected chi connectivity index (χ2v) is 10.4. The summed E-state index contributed by atoms with van der Waals surface area (Å²) < 4.78 is 87.0. The predicted molar refractivity (Wildman–Crippen MR) is 142 cm³/mol. The van der Waals surface area contributed by atoms with E-state index < -0.39 is 23.9 Å². The van der Waals surface area contributed by atoms with E-state index in [-0.39, 0.29) is 17.8 Å². The van der Waals surface area contributed by atoms with Crippen LogP contribution in [0.2, 0.25) is 5.02 Å². The molecule has 2 aromatic carbocycles. The molecule has 1 saturated heterocycles. The Hall–Kier alpha value is -2.44. The summed E-state index contributed by atoms with van der Waals surface area (Å²) in [5, 5.41) is 3.70. The summed E-state index contributed by atoms with van der Waals surface area (Å²) in [6, 6.07) is 10.1. The van der Waals surface area contributed by atoms with Crippen molar-refractivity contribution < 1.29 is 35.8 Å². The average Bonchev–Trinajstić information content (AvgIpc) is 2.88. The average molecular weight is 596 g/mol. The van der Waals surface area contributed by atoms with Crippen LogP contribution in [-0.4, -0.2) is 61.2 Å². The van der Waals surface area contributed by atoms with E-state index in [2.05, 4.69) is 19.9 Å². The lowest BCUT2D eigenvalue weighted by molar-refractivity contribution is -0.276. The quantitative estimate of drug-likeness (QED) is 0.271. The highest BCUT2D eigenvalue weighted by atomic mass is 35.5. The third-order valence-electron chi connectivity index (χ3n) is 6.82. The maximum Gasteiger partial charge on any atom is 0.573 e. The maximum absolute atomic E-state index is 13.3. The number of hydrogen-bond donors (Lipinski definition) is 1. The van der Waals surface area contributed by atoms with Gasteiger partial charge in [0.05, 0.1) is 18.3 Å². The molecule has 2 aliphatic rings. The van der Waals surface area contributed by atoms with Crippen LogP contribution in [0, 0.1) is 0 Å². The number of anilines is 2. The lowest BCUT2D eigenvalue weighted by atomic mass is 9.92. The van der Waals surface area contributed by atoms with Gasteiger partial charge in [-0.3, -0.25) is 0 Å². The fourth-order valence-corrected chi connectivity index (χ4v) is 5.19. The normalized spacial score (nSPS) is 20.6. The van der Waals surface area contributed by atoms with Gasteiger partial charge in [-0.25, -0.2) is 0 Å². The van der Waals surface area contributed by atoms with Crippen molar-refractivity contribution in [3.63, 3.8) is 0 Å². The first kappa shape index (κ1) is 29.5. The summed E-state index contributed by atoms with van der Waals surface area (Å²) in [6.45, 7) is 3.56.